The molecule has 6 heteroatoms. The summed E-state index contributed by atoms with van der Waals surface area (Å²) in [5, 5.41) is 3.52. The van der Waals surface area contributed by atoms with E-state index in [-0.39, 0.29) is 0 Å². The van der Waals surface area contributed by atoms with Crippen LogP contribution in [0.2, 0.25) is 0 Å². The summed E-state index contributed by atoms with van der Waals surface area (Å²) in [7, 11) is -1.11. The van der Waals surface area contributed by atoms with E-state index in [0.717, 1.165) is 30.0 Å². The first kappa shape index (κ1) is 13.0. The molecule has 1 aromatic heterocycles. The first-order valence-corrected chi connectivity index (χ1v) is 8.56. The molecule has 2 rings (SSSR count). The number of hydrogen-bond donors (Lipinski definition) is 1. The number of aryl methyl sites for hydroxylation is 1. The van der Waals surface area contributed by atoms with Gasteiger partial charge in [0.15, 0.2) is 9.84 Å². The van der Waals surface area contributed by atoms with Crippen LogP contribution in [-0.4, -0.2) is 26.7 Å². The fourth-order valence-electron chi connectivity index (χ4n) is 2.07. The normalized spacial score (nSPS) is 22.2. The molecule has 2 unspecified atom stereocenters. The summed E-state index contributed by atoms with van der Waals surface area (Å²) in [5.41, 5.74) is 1.09. The molecule has 0 spiro atoms. The Balaban J connectivity index is 2.37. The lowest BCUT2D eigenvalue weighted by atomic mass is 9.98. The molecule has 0 fully saturated rings. The van der Waals surface area contributed by atoms with Crippen molar-refractivity contribution in [1.82, 2.24) is 10.3 Å². The summed E-state index contributed by atoms with van der Waals surface area (Å²) in [6.45, 7) is 1.72. The molecule has 1 aliphatic carbocycles. The molecule has 0 saturated carbocycles. The van der Waals surface area contributed by atoms with E-state index in [9.17, 15) is 8.42 Å². The molecule has 1 N–H and O–H groups in total. The summed E-state index contributed by atoms with van der Waals surface area (Å²) < 4.78 is 23.1. The van der Waals surface area contributed by atoms with E-state index in [4.69, 9.17) is 0 Å². The van der Waals surface area contributed by atoms with Gasteiger partial charge >= 0.3 is 0 Å². The number of aromatic nitrogens is 1. The van der Waals surface area contributed by atoms with Crippen molar-refractivity contribution in [2.75, 3.05) is 13.3 Å². The van der Waals surface area contributed by atoms with Gasteiger partial charge < -0.3 is 5.32 Å². The van der Waals surface area contributed by atoms with Crippen molar-refractivity contribution in [2.24, 2.45) is 0 Å². The van der Waals surface area contributed by atoms with Crippen molar-refractivity contribution in [3.63, 3.8) is 0 Å². The zero-order chi connectivity index (χ0) is 12.6. The smallest absolute Gasteiger partial charge is 0.156 e. The van der Waals surface area contributed by atoms with Crippen molar-refractivity contribution in [1.29, 1.82) is 0 Å². The van der Waals surface area contributed by atoms with E-state index < -0.39 is 15.1 Å². The topological polar surface area (TPSA) is 59.1 Å². The highest BCUT2D eigenvalue weighted by Gasteiger charge is 2.27. The molecular formula is C11H18N2O2S2. The van der Waals surface area contributed by atoms with Crippen molar-refractivity contribution < 1.29 is 8.42 Å². The van der Waals surface area contributed by atoms with Crippen molar-refractivity contribution in [3.8, 4) is 0 Å². The lowest BCUT2D eigenvalue weighted by molar-refractivity contribution is 0.500. The predicted molar refractivity (Wildman–Crippen MR) is 70.1 cm³/mol. The molecule has 4 nitrogen and oxygen atoms in total. The molecule has 2 atom stereocenters. The van der Waals surface area contributed by atoms with Crippen LogP contribution >= 0.6 is 11.3 Å². The third kappa shape index (κ3) is 2.53. The van der Waals surface area contributed by atoms with Crippen LogP contribution in [0.4, 0.5) is 0 Å². The molecule has 1 heterocycles. The maximum absolute atomic E-state index is 11.5. The number of hydrogen-bond acceptors (Lipinski definition) is 5. The first-order chi connectivity index (χ1) is 7.93. The fourth-order valence-corrected chi connectivity index (χ4v) is 4.35. The molecule has 0 aliphatic heterocycles. The maximum Gasteiger partial charge on any atom is 0.156 e. The van der Waals surface area contributed by atoms with Gasteiger partial charge in [0.1, 0.15) is 10.3 Å². The van der Waals surface area contributed by atoms with Crippen molar-refractivity contribution in [2.45, 2.75) is 37.5 Å². The SMILES string of the molecule is CNC1CCCc2nc(C(C)S(C)(=O)=O)sc21. The van der Waals surface area contributed by atoms with Gasteiger partial charge in [0, 0.05) is 17.2 Å². The van der Waals surface area contributed by atoms with Crippen molar-refractivity contribution in [3.05, 3.63) is 15.6 Å². The highest BCUT2D eigenvalue weighted by molar-refractivity contribution is 7.91. The maximum atomic E-state index is 11.5. The van der Waals surface area contributed by atoms with Crippen LogP contribution in [0.3, 0.4) is 0 Å². The second kappa shape index (κ2) is 4.66. The fraction of sp³-hybridized carbons (Fsp3) is 0.727. The van der Waals surface area contributed by atoms with Gasteiger partial charge in [-0.25, -0.2) is 13.4 Å². The molecule has 1 aromatic rings. The number of nitrogens with zero attached hydrogens (tertiary/aromatic N) is 1. The van der Waals surface area contributed by atoms with Crippen LogP contribution in [0, 0.1) is 0 Å². The summed E-state index contributed by atoms with van der Waals surface area (Å²) in [6, 6.07) is 0.344. The Kier molecular flexibility index (Phi) is 3.56. The number of nitrogens with one attached hydrogen (secondary N) is 1. The summed E-state index contributed by atoms with van der Waals surface area (Å²) >= 11 is 1.55. The zero-order valence-electron chi connectivity index (χ0n) is 10.4. The van der Waals surface area contributed by atoms with Crippen LogP contribution in [0.15, 0.2) is 0 Å². The van der Waals surface area contributed by atoms with Crippen molar-refractivity contribution >= 4 is 21.2 Å². The van der Waals surface area contributed by atoms with Crippen LogP contribution in [0.1, 0.15) is 46.6 Å². The Morgan fingerprint density at radius 3 is 2.82 bits per heavy atom. The lowest BCUT2D eigenvalue weighted by Gasteiger charge is -2.20. The molecule has 96 valence electrons. The lowest BCUT2D eigenvalue weighted by Crippen LogP contribution is -2.19. The van der Waals surface area contributed by atoms with E-state index in [1.54, 1.807) is 18.3 Å². The first-order valence-electron chi connectivity index (χ1n) is 5.79. The summed E-state index contributed by atoms with van der Waals surface area (Å²) in [4.78, 5) is 5.74. The third-order valence-electron chi connectivity index (χ3n) is 3.31. The van der Waals surface area contributed by atoms with E-state index in [2.05, 4.69) is 10.3 Å². The minimum Gasteiger partial charge on any atom is -0.312 e. The number of thiazole rings is 1. The average Bonchev–Trinajstić information content (AvgIpc) is 2.69. The molecule has 1 aliphatic rings. The van der Waals surface area contributed by atoms with Crippen LogP contribution in [0.5, 0.6) is 0 Å². The number of sulfone groups is 1. The van der Waals surface area contributed by atoms with E-state index in [1.165, 1.54) is 11.1 Å². The Morgan fingerprint density at radius 1 is 1.53 bits per heavy atom. The van der Waals surface area contributed by atoms with Crippen LogP contribution in [0.25, 0.3) is 0 Å². The minimum atomic E-state index is -3.05. The molecule has 0 amide bonds. The summed E-state index contributed by atoms with van der Waals surface area (Å²) in [5.74, 6) is 0. The molecular weight excluding hydrogens is 256 g/mol. The van der Waals surface area contributed by atoms with Gasteiger partial charge in [0.25, 0.3) is 0 Å². The molecule has 0 saturated heterocycles. The highest BCUT2D eigenvalue weighted by atomic mass is 32.2. The van der Waals surface area contributed by atoms with Gasteiger partial charge in [-0.3, -0.25) is 0 Å². The standard InChI is InChI=1S/C11H18N2O2S2/c1-7(17(3,14)15)11-13-9-6-4-5-8(12-2)10(9)16-11/h7-8,12H,4-6H2,1-3H3. The zero-order valence-corrected chi connectivity index (χ0v) is 12.0. The van der Waals surface area contributed by atoms with E-state index in [1.807, 2.05) is 7.05 Å². The van der Waals surface area contributed by atoms with E-state index >= 15 is 0 Å². The van der Waals surface area contributed by atoms with Crippen LogP contribution < -0.4 is 5.32 Å². The van der Waals surface area contributed by atoms with Gasteiger partial charge in [-0.2, -0.15) is 0 Å². The molecule has 0 radical (unpaired) electrons. The molecule has 0 bridgehead atoms. The third-order valence-corrected chi connectivity index (χ3v) is 6.36. The van der Waals surface area contributed by atoms with Crippen LogP contribution in [-0.2, 0) is 16.3 Å². The quantitative estimate of drug-likeness (QED) is 0.914. The highest BCUT2D eigenvalue weighted by Crippen LogP contribution is 2.37. The predicted octanol–water partition coefficient (Wildman–Crippen LogP) is 1.85. The molecule has 17 heavy (non-hydrogen) atoms. The van der Waals surface area contributed by atoms with Gasteiger partial charge in [-0.1, -0.05) is 0 Å². The minimum absolute atomic E-state index is 0.344. The van der Waals surface area contributed by atoms with Gasteiger partial charge in [-0.15, -0.1) is 11.3 Å². The Bertz CT molecular complexity index is 508. The Morgan fingerprint density at radius 2 is 2.24 bits per heavy atom. The Hall–Kier alpha value is -0.460. The number of rotatable bonds is 3. The second-order valence-electron chi connectivity index (χ2n) is 4.57. The van der Waals surface area contributed by atoms with Gasteiger partial charge in [0.05, 0.1) is 5.69 Å². The Labute approximate surface area is 106 Å². The average molecular weight is 274 g/mol. The van der Waals surface area contributed by atoms with Gasteiger partial charge in [0.2, 0.25) is 0 Å². The van der Waals surface area contributed by atoms with E-state index in [0.29, 0.717) is 6.04 Å². The number of fused-ring (bicyclic) bond motifs is 1. The monoisotopic (exact) mass is 274 g/mol. The summed E-state index contributed by atoms with van der Waals surface area (Å²) in [6.07, 6.45) is 4.47. The molecule has 0 aromatic carbocycles. The largest absolute Gasteiger partial charge is 0.312 e. The van der Waals surface area contributed by atoms with Gasteiger partial charge in [-0.05, 0) is 33.2 Å². The second-order valence-corrected chi connectivity index (χ2v) is 8.00.